The summed E-state index contributed by atoms with van der Waals surface area (Å²) in [5.74, 6) is 7.52. The van der Waals surface area contributed by atoms with E-state index in [2.05, 4.69) is 22.0 Å². The normalized spacial score (nSPS) is 10.4. The van der Waals surface area contributed by atoms with Gasteiger partial charge in [-0.05, 0) is 42.5 Å². The van der Waals surface area contributed by atoms with Gasteiger partial charge >= 0.3 is 0 Å². The monoisotopic (exact) mass is 458 g/mol. The summed E-state index contributed by atoms with van der Waals surface area (Å²) in [6, 6.07) is 13.3. The number of nitrogens with one attached hydrogen (secondary N) is 1. The minimum absolute atomic E-state index is 0.120. The van der Waals surface area contributed by atoms with Gasteiger partial charge in [0.25, 0.3) is 0 Å². The molecule has 0 radical (unpaired) electrons. The molecule has 0 fully saturated rings. The van der Waals surface area contributed by atoms with Crippen molar-refractivity contribution in [3.63, 3.8) is 0 Å². The number of aromatic amines is 1. The average molecular weight is 458 g/mol. The number of ether oxygens (including phenoxy) is 4. The first-order valence-corrected chi connectivity index (χ1v) is 10.2. The van der Waals surface area contributed by atoms with Gasteiger partial charge in [-0.1, -0.05) is 17.9 Å². The molecule has 0 atom stereocenters. The number of carbonyl (C=O) groups excluding carboxylic acids is 1. The van der Waals surface area contributed by atoms with E-state index in [1.54, 1.807) is 48.5 Å². The highest BCUT2D eigenvalue weighted by atomic mass is 16.5. The Morgan fingerprint density at radius 1 is 0.882 bits per heavy atom. The summed E-state index contributed by atoms with van der Waals surface area (Å²) in [6.07, 6.45) is 0. The number of carbonyl (C=O) groups is 1. The topological polar surface area (TPSA) is 103 Å². The zero-order valence-corrected chi connectivity index (χ0v) is 19.1. The number of ketones is 1. The molecular weight excluding hydrogens is 436 g/mol. The number of phenols is 1. The number of benzene rings is 3. The fourth-order valence-corrected chi connectivity index (χ4v) is 3.60. The number of rotatable bonds is 6. The molecule has 2 N–H and O–H groups in total. The van der Waals surface area contributed by atoms with Gasteiger partial charge in [-0.25, -0.2) is 0 Å². The number of phenolic OH excluding ortho intramolecular Hbond substituents is 1. The highest BCUT2D eigenvalue weighted by Gasteiger charge is 2.22. The molecule has 4 rings (SSSR count). The summed E-state index contributed by atoms with van der Waals surface area (Å²) >= 11 is 0. The van der Waals surface area contributed by atoms with Crippen molar-refractivity contribution in [2.45, 2.75) is 0 Å². The van der Waals surface area contributed by atoms with Crippen LogP contribution in [-0.4, -0.2) is 49.5 Å². The van der Waals surface area contributed by atoms with Crippen LogP contribution in [0.3, 0.4) is 0 Å². The molecule has 34 heavy (non-hydrogen) atoms. The van der Waals surface area contributed by atoms with Crippen LogP contribution in [0.4, 0.5) is 0 Å². The maximum atomic E-state index is 13.4. The average Bonchev–Trinajstić information content (AvgIpc) is 3.30. The van der Waals surface area contributed by atoms with Gasteiger partial charge in [-0.2, -0.15) is 5.10 Å². The Kier molecular flexibility index (Phi) is 6.28. The van der Waals surface area contributed by atoms with Crippen LogP contribution in [0.25, 0.3) is 10.9 Å². The van der Waals surface area contributed by atoms with E-state index in [-0.39, 0.29) is 17.2 Å². The second kappa shape index (κ2) is 9.46. The Labute approximate surface area is 196 Å². The van der Waals surface area contributed by atoms with Gasteiger partial charge in [-0.15, -0.1) is 0 Å². The molecular formula is C26H22N2O6. The first kappa shape index (κ1) is 22.6. The lowest BCUT2D eigenvalue weighted by Crippen LogP contribution is -2.05. The van der Waals surface area contributed by atoms with E-state index in [1.807, 2.05) is 0 Å². The second-order valence-corrected chi connectivity index (χ2v) is 7.18. The Morgan fingerprint density at radius 3 is 2.21 bits per heavy atom. The summed E-state index contributed by atoms with van der Waals surface area (Å²) in [5.41, 5.74) is 2.25. The lowest BCUT2D eigenvalue weighted by atomic mass is 10.0. The summed E-state index contributed by atoms with van der Waals surface area (Å²) in [5, 5.41) is 17.5. The molecule has 1 heterocycles. The third-order valence-corrected chi connectivity index (χ3v) is 5.24. The molecule has 0 saturated carbocycles. The fourth-order valence-electron chi connectivity index (χ4n) is 3.60. The van der Waals surface area contributed by atoms with Crippen LogP contribution in [0, 0.1) is 11.8 Å². The summed E-state index contributed by atoms with van der Waals surface area (Å²) in [7, 11) is 6.01. The van der Waals surface area contributed by atoms with E-state index in [1.165, 1.54) is 28.4 Å². The minimum atomic E-state index is -0.307. The molecule has 0 aliphatic rings. The number of aromatic hydroxyl groups is 1. The van der Waals surface area contributed by atoms with Gasteiger partial charge < -0.3 is 24.1 Å². The quantitative estimate of drug-likeness (QED) is 0.333. The van der Waals surface area contributed by atoms with Crippen LogP contribution in [0.2, 0.25) is 0 Å². The third-order valence-electron chi connectivity index (χ3n) is 5.24. The van der Waals surface area contributed by atoms with Gasteiger partial charge in [0.15, 0.2) is 11.5 Å². The summed E-state index contributed by atoms with van der Waals surface area (Å²) in [4.78, 5) is 13.4. The molecule has 3 aromatic carbocycles. The van der Waals surface area contributed by atoms with E-state index >= 15 is 0 Å². The summed E-state index contributed by atoms with van der Waals surface area (Å²) in [6.45, 7) is 0. The van der Waals surface area contributed by atoms with Gasteiger partial charge in [0.2, 0.25) is 11.5 Å². The number of methoxy groups -OCH3 is 4. The van der Waals surface area contributed by atoms with Crippen molar-refractivity contribution >= 4 is 16.7 Å². The Morgan fingerprint density at radius 2 is 1.59 bits per heavy atom. The van der Waals surface area contributed by atoms with Crippen molar-refractivity contribution < 1.29 is 28.8 Å². The molecule has 8 heteroatoms. The zero-order chi connectivity index (χ0) is 24.2. The second-order valence-electron chi connectivity index (χ2n) is 7.18. The predicted octanol–water partition coefficient (Wildman–Crippen LogP) is 3.93. The smallest absolute Gasteiger partial charge is 0.211 e. The predicted molar refractivity (Wildman–Crippen MR) is 126 cm³/mol. The molecule has 0 aliphatic carbocycles. The van der Waals surface area contributed by atoms with Crippen molar-refractivity contribution in [1.29, 1.82) is 0 Å². The van der Waals surface area contributed by atoms with Crippen LogP contribution < -0.4 is 18.9 Å². The van der Waals surface area contributed by atoms with Crippen LogP contribution in [0.1, 0.15) is 27.2 Å². The number of aromatic nitrogens is 2. The molecule has 0 unspecified atom stereocenters. The maximum Gasteiger partial charge on any atom is 0.211 e. The van der Waals surface area contributed by atoms with Crippen molar-refractivity contribution in [1.82, 2.24) is 10.2 Å². The first-order chi connectivity index (χ1) is 16.5. The molecule has 172 valence electrons. The molecule has 1 aromatic heterocycles. The highest BCUT2D eigenvalue weighted by molar-refractivity contribution is 6.16. The molecule has 0 bridgehead atoms. The SMILES string of the molecule is COc1cc(C(=O)c2[nH]nc3c(C#Cc4cccc(O)c4)c(OC)ccc23)cc(OC)c1OC. The van der Waals surface area contributed by atoms with Crippen LogP contribution >= 0.6 is 0 Å². The molecule has 0 aliphatic heterocycles. The Bertz CT molecular complexity index is 1420. The van der Waals surface area contributed by atoms with Crippen molar-refractivity contribution in [3.8, 4) is 40.6 Å². The van der Waals surface area contributed by atoms with Gasteiger partial charge in [0.1, 0.15) is 22.7 Å². The van der Waals surface area contributed by atoms with E-state index in [0.29, 0.717) is 50.6 Å². The van der Waals surface area contributed by atoms with E-state index in [0.717, 1.165) is 0 Å². The molecule has 4 aromatic rings. The molecule has 8 nitrogen and oxygen atoms in total. The lowest BCUT2D eigenvalue weighted by Gasteiger charge is -2.13. The molecule has 0 saturated heterocycles. The largest absolute Gasteiger partial charge is 0.508 e. The van der Waals surface area contributed by atoms with Gasteiger partial charge in [0, 0.05) is 16.5 Å². The molecule has 0 spiro atoms. The minimum Gasteiger partial charge on any atom is -0.508 e. The van der Waals surface area contributed by atoms with Crippen molar-refractivity contribution in [3.05, 3.63) is 70.9 Å². The maximum absolute atomic E-state index is 13.4. The number of fused-ring (bicyclic) bond motifs is 1. The third kappa shape index (κ3) is 4.07. The molecule has 0 amide bonds. The number of H-pyrrole nitrogens is 1. The standard InChI is InChI=1S/C26H22N2O6/c1-31-20-11-10-19-23(18(20)9-8-15-6-5-7-17(29)12-15)27-28-24(19)25(30)16-13-21(32-2)26(34-4)22(14-16)33-3/h5-7,10-14,29H,1-4H3,(H,27,28). The van der Waals surface area contributed by atoms with Crippen molar-refractivity contribution in [2.75, 3.05) is 28.4 Å². The zero-order valence-electron chi connectivity index (χ0n) is 19.1. The van der Waals surface area contributed by atoms with Crippen molar-refractivity contribution in [2.24, 2.45) is 0 Å². The Balaban J connectivity index is 1.82. The van der Waals surface area contributed by atoms with E-state index in [9.17, 15) is 9.90 Å². The fraction of sp³-hybridized carbons (Fsp3) is 0.154. The van der Waals surface area contributed by atoms with E-state index in [4.69, 9.17) is 18.9 Å². The first-order valence-electron chi connectivity index (χ1n) is 10.2. The van der Waals surface area contributed by atoms with Gasteiger partial charge in [0.05, 0.1) is 34.0 Å². The summed E-state index contributed by atoms with van der Waals surface area (Å²) < 4.78 is 21.5. The Hall–Kier alpha value is -4.64. The number of hydrogen-bond acceptors (Lipinski definition) is 7. The van der Waals surface area contributed by atoms with Crippen LogP contribution in [0.5, 0.6) is 28.7 Å². The highest BCUT2D eigenvalue weighted by Crippen LogP contribution is 2.39. The lowest BCUT2D eigenvalue weighted by molar-refractivity contribution is 0.103. The van der Waals surface area contributed by atoms with Crippen LogP contribution in [0.15, 0.2) is 48.5 Å². The van der Waals surface area contributed by atoms with Crippen LogP contribution in [-0.2, 0) is 0 Å². The number of hydrogen-bond donors (Lipinski definition) is 2. The number of nitrogens with zero attached hydrogens (tertiary/aromatic N) is 1. The van der Waals surface area contributed by atoms with Gasteiger partial charge in [-0.3, -0.25) is 9.89 Å². The van der Waals surface area contributed by atoms with E-state index < -0.39 is 0 Å².